The molecule has 0 aliphatic heterocycles. The fraction of sp³-hybridized carbons (Fsp3) is 0.143. The number of ether oxygens (including phenoxy) is 1. The number of nitrogens with zero attached hydrogens (tertiary/aromatic N) is 2. The molecule has 1 heterocycles. The average molecular weight is 311 g/mol. The van der Waals surface area contributed by atoms with Crippen LogP contribution in [0.5, 0.6) is 0 Å². The van der Waals surface area contributed by atoms with Gasteiger partial charge in [-0.2, -0.15) is 5.10 Å². The molecule has 1 atom stereocenters. The van der Waals surface area contributed by atoms with Crippen LogP contribution in [0.1, 0.15) is 18.6 Å². The summed E-state index contributed by atoms with van der Waals surface area (Å²) in [5.74, 6) is -0.436. The van der Waals surface area contributed by atoms with Gasteiger partial charge in [-0.1, -0.05) is 35.8 Å². The van der Waals surface area contributed by atoms with E-state index in [2.05, 4.69) is 11.7 Å². The summed E-state index contributed by atoms with van der Waals surface area (Å²) in [6, 6.07) is 6.72. The molecule has 0 spiro atoms. The van der Waals surface area contributed by atoms with Gasteiger partial charge in [0.25, 0.3) is 0 Å². The van der Waals surface area contributed by atoms with E-state index in [0.717, 1.165) is 0 Å². The molecule has 0 aliphatic rings. The minimum Gasteiger partial charge on any atom is -0.451 e. The lowest BCUT2D eigenvalue weighted by Crippen LogP contribution is -2.14. The van der Waals surface area contributed by atoms with E-state index in [-0.39, 0.29) is 0 Å². The highest BCUT2D eigenvalue weighted by Gasteiger charge is 2.23. The van der Waals surface area contributed by atoms with Crippen LogP contribution in [0.15, 0.2) is 43.2 Å². The number of benzene rings is 1. The third-order valence-corrected chi connectivity index (χ3v) is 3.19. The molecule has 1 aromatic heterocycles. The van der Waals surface area contributed by atoms with Crippen molar-refractivity contribution in [1.29, 1.82) is 0 Å². The Morgan fingerprint density at radius 1 is 1.45 bits per heavy atom. The summed E-state index contributed by atoms with van der Waals surface area (Å²) in [5, 5.41) is 4.98. The number of esters is 1. The first kappa shape index (κ1) is 14.6. The van der Waals surface area contributed by atoms with Crippen molar-refractivity contribution in [3.63, 3.8) is 0 Å². The van der Waals surface area contributed by atoms with E-state index in [1.807, 2.05) is 0 Å². The first-order chi connectivity index (χ1) is 9.49. The molecule has 0 fully saturated rings. The monoisotopic (exact) mass is 310 g/mol. The molecule has 0 saturated carbocycles. The lowest BCUT2D eigenvalue weighted by molar-refractivity contribution is -0.144. The Morgan fingerprint density at radius 3 is 2.75 bits per heavy atom. The summed E-state index contributed by atoms with van der Waals surface area (Å²) in [4.78, 5) is 11.3. The second-order valence-electron chi connectivity index (χ2n) is 4.10. The Kier molecular flexibility index (Phi) is 4.47. The van der Waals surface area contributed by atoms with Crippen LogP contribution in [-0.2, 0) is 9.53 Å². The van der Waals surface area contributed by atoms with E-state index >= 15 is 0 Å². The van der Waals surface area contributed by atoms with Crippen molar-refractivity contribution in [1.82, 2.24) is 9.78 Å². The SMILES string of the molecule is C=C(C(OC(C)=O)c1ccc(Cl)cc1Cl)n1cccn1. The third-order valence-electron chi connectivity index (χ3n) is 2.63. The van der Waals surface area contributed by atoms with Crippen LogP contribution in [0, 0.1) is 0 Å². The third kappa shape index (κ3) is 3.21. The molecule has 0 amide bonds. The van der Waals surface area contributed by atoms with Crippen LogP contribution in [0.4, 0.5) is 0 Å². The molecule has 1 unspecified atom stereocenters. The molecule has 4 nitrogen and oxygen atoms in total. The fourth-order valence-corrected chi connectivity index (χ4v) is 2.26. The Hall–Kier alpha value is -1.78. The first-order valence-electron chi connectivity index (χ1n) is 5.80. The molecule has 0 radical (unpaired) electrons. The van der Waals surface area contributed by atoms with Crippen molar-refractivity contribution in [3.05, 3.63) is 58.8 Å². The number of hydrogen-bond donors (Lipinski definition) is 0. The zero-order chi connectivity index (χ0) is 14.7. The number of hydrogen-bond acceptors (Lipinski definition) is 3. The molecule has 2 rings (SSSR count). The van der Waals surface area contributed by atoms with Crippen LogP contribution in [-0.4, -0.2) is 15.7 Å². The summed E-state index contributed by atoms with van der Waals surface area (Å²) < 4.78 is 6.84. The van der Waals surface area contributed by atoms with Crippen molar-refractivity contribution < 1.29 is 9.53 Å². The van der Waals surface area contributed by atoms with E-state index in [9.17, 15) is 4.79 Å². The number of aromatic nitrogens is 2. The van der Waals surface area contributed by atoms with Crippen molar-refractivity contribution in [2.24, 2.45) is 0 Å². The highest BCUT2D eigenvalue weighted by molar-refractivity contribution is 6.35. The lowest BCUT2D eigenvalue weighted by atomic mass is 10.1. The maximum atomic E-state index is 11.3. The summed E-state index contributed by atoms with van der Waals surface area (Å²) in [6.07, 6.45) is 2.60. The predicted molar refractivity (Wildman–Crippen MR) is 78.5 cm³/mol. The lowest BCUT2D eigenvalue weighted by Gasteiger charge is -2.21. The Balaban J connectivity index is 2.42. The standard InChI is InChI=1S/C14H12Cl2N2O2/c1-9(18-7-3-6-17-18)14(20-10(2)19)12-5-4-11(15)8-13(12)16/h3-8,14H,1H2,2H3. The van der Waals surface area contributed by atoms with E-state index in [1.54, 1.807) is 36.7 Å². The summed E-state index contributed by atoms with van der Waals surface area (Å²) in [6.45, 7) is 5.25. The quantitative estimate of drug-likeness (QED) is 0.803. The minimum atomic E-state index is -0.725. The normalized spacial score (nSPS) is 11.9. The summed E-state index contributed by atoms with van der Waals surface area (Å²) in [5.41, 5.74) is 1.08. The van der Waals surface area contributed by atoms with Crippen LogP contribution < -0.4 is 0 Å². The highest BCUT2D eigenvalue weighted by atomic mass is 35.5. The second kappa shape index (κ2) is 6.11. The smallest absolute Gasteiger partial charge is 0.303 e. The molecule has 0 bridgehead atoms. The molecule has 0 aliphatic carbocycles. The molecule has 20 heavy (non-hydrogen) atoms. The molecule has 1 aromatic carbocycles. The minimum absolute atomic E-state index is 0.400. The molecule has 6 heteroatoms. The van der Waals surface area contributed by atoms with E-state index < -0.39 is 12.1 Å². The van der Waals surface area contributed by atoms with Crippen molar-refractivity contribution in [2.75, 3.05) is 0 Å². The predicted octanol–water partition coefficient (Wildman–Crippen LogP) is 3.97. The van der Waals surface area contributed by atoms with Gasteiger partial charge in [0.15, 0.2) is 6.10 Å². The topological polar surface area (TPSA) is 44.1 Å². The fourth-order valence-electron chi connectivity index (χ4n) is 1.75. The van der Waals surface area contributed by atoms with Gasteiger partial charge in [0.05, 0.1) is 5.70 Å². The Labute approximate surface area is 126 Å². The number of carbonyl (C=O) groups is 1. The summed E-state index contributed by atoms with van der Waals surface area (Å²) >= 11 is 12.0. The first-order valence-corrected chi connectivity index (χ1v) is 6.55. The highest BCUT2D eigenvalue weighted by Crippen LogP contribution is 2.34. The van der Waals surface area contributed by atoms with Crippen LogP contribution in [0.2, 0.25) is 10.0 Å². The van der Waals surface area contributed by atoms with Crippen molar-refractivity contribution in [2.45, 2.75) is 13.0 Å². The number of halogens is 2. The van der Waals surface area contributed by atoms with E-state index in [4.69, 9.17) is 27.9 Å². The molecule has 0 N–H and O–H groups in total. The molecule has 2 aromatic rings. The Bertz CT molecular complexity index is 639. The maximum Gasteiger partial charge on any atom is 0.303 e. The Morgan fingerprint density at radius 2 is 2.20 bits per heavy atom. The van der Waals surface area contributed by atoms with Gasteiger partial charge in [-0.3, -0.25) is 4.79 Å². The van der Waals surface area contributed by atoms with E-state index in [0.29, 0.717) is 21.3 Å². The van der Waals surface area contributed by atoms with Gasteiger partial charge >= 0.3 is 5.97 Å². The molecule has 0 saturated heterocycles. The summed E-state index contributed by atoms with van der Waals surface area (Å²) in [7, 11) is 0. The second-order valence-corrected chi connectivity index (χ2v) is 4.94. The van der Waals surface area contributed by atoms with Crippen LogP contribution >= 0.6 is 23.2 Å². The van der Waals surface area contributed by atoms with Gasteiger partial charge in [-0.25, -0.2) is 4.68 Å². The number of carbonyl (C=O) groups excluding carboxylic acids is 1. The molecular formula is C14H12Cl2N2O2. The van der Waals surface area contributed by atoms with Gasteiger partial charge in [-0.05, 0) is 18.2 Å². The van der Waals surface area contributed by atoms with Crippen LogP contribution in [0.25, 0.3) is 5.70 Å². The largest absolute Gasteiger partial charge is 0.451 e. The van der Waals surface area contributed by atoms with Gasteiger partial charge in [0.1, 0.15) is 0 Å². The van der Waals surface area contributed by atoms with Gasteiger partial charge < -0.3 is 4.74 Å². The van der Waals surface area contributed by atoms with Crippen LogP contribution in [0.3, 0.4) is 0 Å². The van der Waals surface area contributed by atoms with Crippen molar-refractivity contribution >= 4 is 34.9 Å². The zero-order valence-corrected chi connectivity index (χ0v) is 12.2. The van der Waals surface area contributed by atoms with Gasteiger partial charge in [0.2, 0.25) is 0 Å². The maximum absolute atomic E-state index is 11.3. The number of rotatable bonds is 4. The molecular weight excluding hydrogens is 299 g/mol. The van der Waals surface area contributed by atoms with Gasteiger partial charge in [-0.15, -0.1) is 0 Å². The molecule has 104 valence electrons. The van der Waals surface area contributed by atoms with E-state index in [1.165, 1.54) is 11.6 Å². The van der Waals surface area contributed by atoms with Gasteiger partial charge in [0, 0.05) is 34.9 Å². The van der Waals surface area contributed by atoms with Crippen molar-refractivity contribution in [3.8, 4) is 0 Å². The zero-order valence-electron chi connectivity index (χ0n) is 10.7. The average Bonchev–Trinajstić information content (AvgIpc) is 2.89.